The van der Waals surface area contributed by atoms with Gasteiger partial charge in [-0.15, -0.1) is 0 Å². The molecule has 0 aliphatic heterocycles. The molecule has 0 bridgehead atoms. The van der Waals surface area contributed by atoms with Gasteiger partial charge in [0.2, 0.25) is 5.95 Å². The summed E-state index contributed by atoms with van der Waals surface area (Å²) in [6.07, 6.45) is 0. The van der Waals surface area contributed by atoms with Crippen LogP contribution in [-0.4, -0.2) is 20.5 Å². The molecule has 0 saturated carbocycles. The van der Waals surface area contributed by atoms with Crippen molar-refractivity contribution in [3.05, 3.63) is 56.4 Å². The second-order valence-electron chi connectivity index (χ2n) is 6.57. The van der Waals surface area contributed by atoms with Gasteiger partial charge in [0.05, 0.1) is 37.8 Å². The van der Waals surface area contributed by atoms with E-state index in [4.69, 9.17) is 27.9 Å². The molecule has 0 unspecified atom stereocenters. The molecule has 2 N–H and O–H groups in total. The summed E-state index contributed by atoms with van der Waals surface area (Å²) in [5.74, 6) is 0.303. The number of pyridine rings is 1. The quantitative estimate of drug-likeness (QED) is 0.459. The lowest BCUT2D eigenvalue weighted by atomic mass is 10.1. The first kappa shape index (κ1) is 19.3. The molecule has 2 aromatic heterocycles. The van der Waals surface area contributed by atoms with Gasteiger partial charge in [-0.25, -0.2) is 4.98 Å². The maximum Gasteiger partial charge on any atom is 0.308 e. The monoisotopic (exact) mass is 430 g/mol. The van der Waals surface area contributed by atoms with Crippen LogP contribution in [0.25, 0.3) is 21.8 Å². The number of hydrogen-bond donors (Lipinski definition) is 2. The van der Waals surface area contributed by atoms with E-state index in [9.17, 15) is 9.59 Å². The van der Waals surface area contributed by atoms with Crippen molar-refractivity contribution in [2.75, 3.05) is 5.32 Å². The third-order valence-electron chi connectivity index (χ3n) is 4.59. The highest BCUT2D eigenvalue weighted by molar-refractivity contribution is 6.39. The summed E-state index contributed by atoms with van der Waals surface area (Å²) in [5, 5.41) is 4.92. The van der Waals surface area contributed by atoms with Gasteiger partial charge in [0, 0.05) is 19.4 Å². The number of ether oxygens (including phenoxy) is 1. The topological polar surface area (TPSA) is 89.0 Å². The predicted octanol–water partition coefficient (Wildman–Crippen LogP) is 4.70. The maximum absolute atomic E-state index is 12.8. The van der Waals surface area contributed by atoms with Crippen LogP contribution >= 0.6 is 23.2 Å². The van der Waals surface area contributed by atoms with E-state index in [0.29, 0.717) is 54.9 Å². The van der Waals surface area contributed by atoms with E-state index >= 15 is 0 Å². The smallest absolute Gasteiger partial charge is 0.308 e. The van der Waals surface area contributed by atoms with Crippen molar-refractivity contribution in [2.24, 2.45) is 7.05 Å². The molecular formula is C20H16Cl2N4O3. The molecular weight excluding hydrogens is 415 g/mol. The Bertz CT molecular complexity index is 1340. The maximum atomic E-state index is 12.8. The number of rotatable bonds is 3. The number of esters is 1. The first-order chi connectivity index (χ1) is 13.8. The lowest BCUT2D eigenvalue weighted by Crippen LogP contribution is -2.13. The Balaban J connectivity index is 1.98. The highest BCUT2D eigenvalue weighted by Gasteiger charge is 2.19. The summed E-state index contributed by atoms with van der Waals surface area (Å²) in [6.45, 7) is 2.99. The average molecular weight is 431 g/mol. The van der Waals surface area contributed by atoms with Crippen LogP contribution in [0.15, 0.2) is 35.1 Å². The van der Waals surface area contributed by atoms with Gasteiger partial charge >= 0.3 is 5.97 Å². The molecule has 0 fully saturated rings. The highest BCUT2D eigenvalue weighted by Crippen LogP contribution is 2.35. The Hall–Kier alpha value is -3.03. The molecule has 2 aromatic carbocycles. The van der Waals surface area contributed by atoms with Gasteiger partial charge in [0.15, 0.2) is 5.75 Å². The number of nitrogens with one attached hydrogen (secondary N) is 2. The van der Waals surface area contributed by atoms with Crippen LogP contribution in [0.2, 0.25) is 10.0 Å². The Morgan fingerprint density at radius 2 is 1.90 bits per heavy atom. The lowest BCUT2D eigenvalue weighted by Gasteiger charge is -2.11. The molecule has 0 aliphatic carbocycles. The number of aryl methyl sites for hydroxylation is 2. The summed E-state index contributed by atoms with van der Waals surface area (Å²) >= 11 is 12.5. The Morgan fingerprint density at radius 1 is 1.21 bits per heavy atom. The number of hydrogen-bond acceptors (Lipinski definition) is 5. The zero-order valence-corrected chi connectivity index (χ0v) is 17.3. The molecule has 9 heteroatoms. The van der Waals surface area contributed by atoms with Gasteiger partial charge in [0.25, 0.3) is 5.56 Å². The third-order valence-corrected chi connectivity index (χ3v) is 5.22. The van der Waals surface area contributed by atoms with E-state index in [1.54, 1.807) is 48.9 Å². The fourth-order valence-corrected chi connectivity index (χ4v) is 3.82. The third kappa shape index (κ3) is 3.22. The second-order valence-corrected chi connectivity index (χ2v) is 7.39. The summed E-state index contributed by atoms with van der Waals surface area (Å²) in [7, 11) is 1.77. The van der Waals surface area contributed by atoms with Crippen molar-refractivity contribution >= 4 is 62.6 Å². The van der Waals surface area contributed by atoms with E-state index in [1.807, 2.05) is 0 Å². The molecule has 4 rings (SSSR count). The Kier molecular flexibility index (Phi) is 4.72. The lowest BCUT2D eigenvalue weighted by molar-refractivity contribution is -0.131. The molecule has 4 aromatic rings. The fraction of sp³-hybridized carbons (Fsp3) is 0.150. The number of carbonyl (C=O) groups excluding carboxylic acids is 1. The first-order valence-corrected chi connectivity index (χ1v) is 9.45. The van der Waals surface area contributed by atoms with Gasteiger partial charge in [-0.2, -0.15) is 0 Å². The standard InChI is InChI=1S/C20H16Cl2N4O3/c1-9-18(29-10(2)27)11-7-8-14-17(15(11)19(28)23-9)26(3)20(24-14)25-16-12(21)5-4-6-13(16)22/h4-8H,1-3H3,(H,23,28)(H,24,25). The van der Waals surface area contributed by atoms with Crippen LogP contribution in [0.4, 0.5) is 11.6 Å². The number of anilines is 2. The van der Waals surface area contributed by atoms with E-state index in [0.717, 1.165) is 0 Å². The summed E-state index contributed by atoms with van der Waals surface area (Å²) in [6, 6.07) is 8.66. The number of benzene rings is 2. The molecule has 29 heavy (non-hydrogen) atoms. The van der Waals surface area contributed by atoms with Crippen molar-refractivity contribution in [3.8, 4) is 5.75 Å². The van der Waals surface area contributed by atoms with Gasteiger partial charge < -0.3 is 19.6 Å². The van der Waals surface area contributed by atoms with Gasteiger partial charge in [-0.3, -0.25) is 9.59 Å². The minimum absolute atomic E-state index is 0.302. The predicted molar refractivity (Wildman–Crippen MR) is 115 cm³/mol. The van der Waals surface area contributed by atoms with Crippen LogP contribution in [-0.2, 0) is 11.8 Å². The molecule has 0 radical (unpaired) electrons. The molecule has 148 valence electrons. The van der Waals surface area contributed by atoms with Crippen LogP contribution in [0.3, 0.4) is 0 Å². The number of nitrogens with zero attached hydrogens (tertiary/aromatic N) is 2. The normalized spacial score (nSPS) is 11.2. The Morgan fingerprint density at radius 3 is 2.55 bits per heavy atom. The zero-order valence-electron chi connectivity index (χ0n) is 15.8. The number of halogens is 2. The first-order valence-electron chi connectivity index (χ1n) is 8.69. The van der Waals surface area contributed by atoms with Crippen molar-refractivity contribution in [3.63, 3.8) is 0 Å². The number of aromatic nitrogens is 3. The van der Waals surface area contributed by atoms with Crippen LogP contribution in [0, 0.1) is 6.92 Å². The number of aromatic amines is 1. The van der Waals surface area contributed by atoms with Crippen molar-refractivity contribution in [1.29, 1.82) is 0 Å². The van der Waals surface area contributed by atoms with Crippen molar-refractivity contribution < 1.29 is 9.53 Å². The number of H-pyrrole nitrogens is 1. The van der Waals surface area contributed by atoms with Crippen LogP contribution in [0.5, 0.6) is 5.75 Å². The van der Waals surface area contributed by atoms with E-state index in [2.05, 4.69) is 15.3 Å². The highest BCUT2D eigenvalue weighted by atomic mass is 35.5. The molecule has 0 amide bonds. The molecule has 0 atom stereocenters. The molecule has 0 aliphatic rings. The fourth-order valence-electron chi connectivity index (χ4n) is 3.33. The SMILES string of the molecule is CC(=O)Oc1c(C)[nH]c(=O)c2c1ccc1nc(Nc3c(Cl)cccc3Cl)n(C)c12. The van der Waals surface area contributed by atoms with Gasteiger partial charge in [-0.1, -0.05) is 29.3 Å². The number of para-hydroxylation sites is 1. The van der Waals surface area contributed by atoms with Gasteiger partial charge in [0.1, 0.15) is 0 Å². The molecule has 0 spiro atoms. The summed E-state index contributed by atoms with van der Waals surface area (Å²) < 4.78 is 7.08. The van der Waals surface area contributed by atoms with Crippen LogP contribution < -0.4 is 15.6 Å². The number of imidazole rings is 1. The van der Waals surface area contributed by atoms with E-state index in [-0.39, 0.29) is 5.56 Å². The van der Waals surface area contributed by atoms with E-state index < -0.39 is 5.97 Å². The summed E-state index contributed by atoms with van der Waals surface area (Å²) in [5.41, 5.74) is 1.87. The largest absolute Gasteiger partial charge is 0.424 e. The Labute approximate surface area is 175 Å². The molecule has 0 saturated heterocycles. The molecule has 2 heterocycles. The van der Waals surface area contributed by atoms with Crippen molar-refractivity contribution in [2.45, 2.75) is 13.8 Å². The zero-order chi connectivity index (χ0) is 20.9. The van der Waals surface area contributed by atoms with Crippen molar-refractivity contribution in [1.82, 2.24) is 14.5 Å². The second kappa shape index (κ2) is 7.09. The summed E-state index contributed by atoms with van der Waals surface area (Å²) in [4.78, 5) is 31.6. The average Bonchev–Trinajstić information content (AvgIpc) is 2.97. The van der Waals surface area contributed by atoms with Gasteiger partial charge in [-0.05, 0) is 31.2 Å². The van der Waals surface area contributed by atoms with Crippen LogP contribution in [0.1, 0.15) is 12.6 Å². The number of carbonyl (C=O) groups is 1. The molecule has 7 nitrogen and oxygen atoms in total. The van der Waals surface area contributed by atoms with E-state index in [1.165, 1.54) is 6.92 Å². The minimum Gasteiger partial charge on any atom is -0.424 e. The number of fused-ring (bicyclic) bond motifs is 3. The minimum atomic E-state index is -0.470.